The summed E-state index contributed by atoms with van der Waals surface area (Å²) in [6, 6.07) is 17.5. The monoisotopic (exact) mass is 390 g/mol. The summed E-state index contributed by atoms with van der Waals surface area (Å²) in [5.41, 5.74) is 9.80. The maximum atomic E-state index is 13.2. The molecule has 0 saturated carbocycles. The van der Waals surface area contributed by atoms with Crippen LogP contribution in [0.5, 0.6) is 0 Å². The molecule has 0 saturated heterocycles. The van der Waals surface area contributed by atoms with Crippen molar-refractivity contribution < 1.29 is 9.53 Å². The van der Waals surface area contributed by atoms with Crippen LogP contribution in [0, 0.1) is 18.3 Å². The standard InChI is InChI=1S/C23H19ClN2O2/c1-13-6-8-14(9-7-13)21-17(12-25)23(26)28-20-11-15(10-19(27)22(20)21)16-4-2-3-5-18(16)24/h2-9,15,21H,10-11,26H2,1H3/t15-,21-/m1/s1. The molecule has 1 aliphatic carbocycles. The number of carbonyl (C=O) groups excluding carboxylic acids is 1. The van der Waals surface area contributed by atoms with Gasteiger partial charge in [0.15, 0.2) is 5.78 Å². The first-order chi connectivity index (χ1) is 13.5. The second-order valence-electron chi connectivity index (χ2n) is 7.22. The van der Waals surface area contributed by atoms with Gasteiger partial charge >= 0.3 is 0 Å². The van der Waals surface area contributed by atoms with Gasteiger partial charge in [0.05, 0.1) is 5.92 Å². The average molecular weight is 391 g/mol. The van der Waals surface area contributed by atoms with Crippen LogP contribution < -0.4 is 5.73 Å². The van der Waals surface area contributed by atoms with E-state index < -0.39 is 5.92 Å². The zero-order valence-corrected chi connectivity index (χ0v) is 16.2. The molecular weight excluding hydrogens is 372 g/mol. The van der Waals surface area contributed by atoms with Gasteiger partial charge in [0.1, 0.15) is 17.4 Å². The normalized spacial score (nSPS) is 21.8. The predicted molar refractivity (Wildman–Crippen MR) is 107 cm³/mol. The molecule has 2 aliphatic rings. The van der Waals surface area contributed by atoms with Crippen LogP contribution in [0.4, 0.5) is 0 Å². The van der Waals surface area contributed by atoms with Crippen LogP contribution in [0.25, 0.3) is 0 Å². The molecule has 0 radical (unpaired) electrons. The van der Waals surface area contributed by atoms with Crippen molar-refractivity contribution in [3.63, 3.8) is 0 Å². The molecule has 140 valence electrons. The van der Waals surface area contributed by atoms with Crippen LogP contribution in [0.1, 0.15) is 41.4 Å². The molecule has 2 atom stereocenters. The first kappa shape index (κ1) is 18.3. The molecule has 4 nitrogen and oxygen atoms in total. The molecule has 5 heteroatoms. The average Bonchev–Trinajstić information content (AvgIpc) is 2.68. The second-order valence-corrected chi connectivity index (χ2v) is 7.63. The molecule has 0 unspecified atom stereocenters. The lowest BCUT2D eigenvalue weighted by Crippen LogP contribution is -2.30. The number of halogens is 1. The number of aryl methyl sites for hydroxylation is 1. The smallest absolute Gasteiger partial charge is 0.205 e. The molecule has 0 amide bonds. The van der Waals surface area contributed by atoms with E-state index in [9.17, 15) is 10.1 Å². The fraction of sp³-hybridized carbons (Fsp3) is 0.217. The van der Waals surface area contributed by atoms with Crippen molar-refractivity contribution in [2.24, 2.45) is 5.73 Å². The highest BCUT2D eigenvalue weighted by atomic mass is 35.5. The minimum Gasteiger partial charge on any atom is -0.444 e. The largest absolute Gasteiger partial charge is 0.444 e. The number of benzene rings is 2. The summed E-state index contributed by atoms with van der Waals surface area (Å²) in [6.07, 6.45) is 0.847. The molecule has 2 N–H and O–H groups in total. The zero-order chi connectivity index (χ0) is 19.8. The summed E-state index contributed by atoms with van der Waals surface area (Å²) in [5, 5.41) is 10.3. The molecule has 2 aromatic rings. The van der Waals surface area contributed by atoms with Gasteiger partial charge in [-0.25, -0.2) is 0 Å². The second kappa shape index (κ2) is 7.18. The molecule has 1 heterocycles. The minimum atomic E-state index is -0.492. The lowest BCUT2D eigenvalue weighted by molar-refractivity contribution is -0.117. The maximum Gasteiger partial charge on any atom is 0.205 e. The van der Waals surface area contributed by atoms with Gasteiger partial charge in [-0.3, -0.25) is 4.79 Å². The third kappa shape index (κ3) is 3.08. The van der Waals surface area contributed by atoms with Crippen molar-refractivity contribution >= 4 is 17.4 Å². The third-order valence-electron chi connectivity index (χ3n) is 5.42. The lowest BCUT2D eigenvalue weighted by atomic mass is 9.73. The van der Waals surface area contributed by atoms with Crippen molar-refractivity contribution in [3.8, 4) is 6.07 Å². The van der Waals surface area contributed by atoms with E-state index in [0.29, 0.717) is 29.2 Å². The number of allylic oxidation sites excluding steroid dienone is 3. The minimum absolute atomic E-state index is 0.0306. The quantitative estimate of drug-likeness (QED) is 0.794. The summed E-state index contributed by atoms with van der Waals surface area (Å²) >= 11 is 6.35. The maximum absolute atomic E-state index is 13.2. The number of Topliss-reactive ketones (excluding diaryl/α,β-unsaturated/α-hetero) is 1. The number of nitrogens with two attached hydrogens (primary N) is 1. The van der Waals surface area contributed by atoms with Crippen LogP contribution in [0.3, 0.4) is 0 Å². The van der Waals surface area contributed by atoms with E-state index >= 15 is 0 Å². The lowest BCUT2D eigenvalue weighted by Gasteiger charge is -2.34. The van der Waals surface area contributed by atoms with Gasteiger partial charge in [0, 0.05) is 23.4 Å². The molecule has 0 fully saturated rings. The van der Waals surface area contributed by atoms with E-state index in [0.717, 1.165) is 16.7 Å². The Balaban J connectivity index is 1.80. The Morgan fingerprint density at radius 2 is 1.86 bits per heavy atom. The summed E-state index contributed by atoms with van der Waals surface area (Å²) in [4.78, 5) is 13.2. The van der Waals surface area contributed by atoms with Crippen LogP contribution in [0.15, 0.2) is 71.3 Å². The van der Waals surface area contributed by atoms with Crippen LogP contribution in [-0.2, 0) is 9.53 Å². The molecule has 28 heavy (non-hydrogen) atoms. The molecule has 0 bridgehead atoms. The summed E-state index contributed by atoms with van der Waals surface area (Å²) in [5.74, 6) is 0.0174. The van der Waals surface area contributed by atoms with Gasteiger partial charge < -0.3 is 10.5 Å². The fourth-order valence-electron chi connectivity index (χ4n) is 4.03. The first-order valence-electron chi connectivity index (χ1n) is 9.14. The fourth-order valence-corrected chi connectivity index (χ4v) is 4.32. The van der Waals surface area contributed by atoms with Crippen LogP contribution in [0.2, 0.25) is 5.02 Å². The summed E-state index contributed by atoms with van der Waals surface area (Å²) in [7, 11) is 0. The number of nitriles is 1. The Hall–Kier alpha value is -3.03. The topological polar surface area (TPSA) is 76.1 Å². The van der Waals surface area contributed by atoms with E-state index in [1.165, 1.54) is 0 Å². The van der Waals surface area contributed by atoms with Gasteiger partial charge in [-0.05, 0) is 30.0 Å². The van der Waals surface area contributed by atoms with E-state index in [-0.39, 0.29) is 23.2 Å². The summed E-state index contributed by atoms with van der Waals surface area (Å²) < 4.78 is 5.78. The van der Waals surface area contributed by atoms with E-state index in [1.54, 1.807) is 0 Å². The molecule has 4 rings (SSSR count). The number of hydrogen-bond donors (Lipinski definition) is 1. The van der Waals surface area contributed by atoms with E-state index in [2.05, 4.69) is 6.07 Å². The number of hydrogen-bond acceptors (Lipinski definition) is 4. The van der Waals surface area contributed by atoms with Gasteiger partial charge in [-0.1, -0.05) is 59.6 Å². The number of ketones is 1. The highest BCUT2D eigenvalue weighted by molar-refractivity contribution is 6.31. The van der Waals surface area contributed by atoms with Crippen molar-refractivity contribution in [2.45, 2.75) is 31.6 Å². The van der Waals surface area contributed by atoms with Crippen molar-refractivity contribution in [1.82, 2.24) is 0 Å². The molecule has 0 spiro atoms. The Labute approximate surface area is 168 Å². The highest BCUT2D eigenvalue weighted by Gasteiger charge is 2.41. The van der Waals surface area contributed by atoms with E-state index in [1.807, 2.05) is 55.5 Å². The number of nitrogens with zero attached hydrogens (tertiary/aromatic N) is 1. The van der Waals surface area contributed by atoms with Crippen molar-refractivity contribution in [1.29, 1.82) is 5.26 Å². The Morgan fingerprint density at radius 1 is 1.14 bits per heavy atom. The van der Waals surface area contributed by atoms with E-state index in [4.69, 9.17) is 22.1 Å². The summed E-state index contributed by atoms with van der Waals surface area (Å²) in [6.45, 7) is 1.99. The number of ether oxygens (including phenoxy) is 1. The Kier molecular flexibility index (Phi) is 4.70. The SMILES string of the molecule is Cc1ccc([C@@H]2C(C#N)=C(N)OC3=C2C(=O)C[C@@H](c2ccccc2Cl)C3)cc1. The van der Waals surface area contributed by atoms with Crippen LogP contribution >= 0.6 is 11.6 Å². The Morgan fingerprint density at radius 3 is 2.54 bits per heavy atom. The molecule has 2 aromatic carbocycles. The molecular formula is C23H19ClN2O2. The first-order valence-corrected chi connectivity index (χ1v) is 9.52. The van der Waals surface area contributed by atoms with Crippen molar-refractivity contribution in [3.05, 3.63) is 93.0 Å². The van der Waals surface area contributed by atoms with Gasteiger partial charge in [-0.2, -0.15) is 5.26 Å². The van der Waals surface area contributed by atoms with Crippen molar-refractivity contribution in [2.75, 3.05) is 0 Å². The molecule has 0 aromatic heterocycles. The number of rotatable bonds is 2. The van der Waals surface area contributed by atoms with Gasteiger partial charge in [0.25, 0.3) is 0 Å². The van der Waals surface area contributed by atoms with Crippen LogP contribution in [-0.4, -0.2) is 5.78 Å². The zero-order valence-electron chi connectivity index (χ0n) is 15.4. The Bertz CT molecular complexity index is 1060. The third-order valence-corrected chi connectivity index (χ3v) is 5.76. The van der Waals surface area contributed by atoms with Gasteiger partial charge in [-0.15, -0.1) is 0 Å². The highest BCUT2D eigenvalue weighted by Crippen LogP contribution is 2.47. The number of carbonyl (C=O) groups is 1. The predicted octanol–water partition coefficient (Wildman–Crippen LogP) is 4.86. The molecule has 1 aliphatic heterocycles. The van der Waals surface area contributed by atoms with Gasteiger partial charge in [0.2, 0.25) is 5.88 Å².